The Hall–Kier alpha value is -2.02. The maximum Gasteiger partial charge on any atom is 0.416 e. The van der Waals surface area contributed by atoms with Gasteiger partial charge in [0.2, 0.25) is 0 Å². The molecule has 21 heavy (non-hydrogen) atoms. The number of benzene rings is 1. The van der Waals surface area contributed by atoms with Gasteiger partial charge in [-0.25, -0.2) is 0 Å². The van der Waals surface area contributed by atoms with Gasteiger partial charge in [0.1, 0.15) is 11.4 Å². The maximum absolute atomic E-state index is 13.0. The van der Waals surface area contributed by atoms with Crippen LogP contribution in [-0.4, -0.2) is 9.78 Å². The van der Waals surface area contributed by atoms with Crippen LogP contribution in [0.2, 0.25) is 0 Å². The van der Waals surface area contributed by atoms with Gasteiger partial charge < -0.3 is 10.5 Å². The molecule has 0 spiro atoms. The first-order valence-electron chi connectivity index (χ1n) is 6.32. The first kappa shape index (κ1) is 15.4. The summed E-state index contributed by atoms with van der Waals surface area (Å²) in [6, 6.07) is 3.77. The quantitative estimate of drug-likeness (QED) is 0.946. The number of nitrogens with zero attached hydrogens (tertiary/aromatic N) is 2. The lowest BCUT2D eigenvalue weighted by molar-refractivity contribution is -0.138. The number of aryl methyl sites for hydroxylation is 2. The second-order valence-corrected chi connectivity index (χ2v) is 4.75. The number of hydrogen-bond donors (Lipinski definition) is 1. The van der Waals surface area contributed by atoms with Crippen LogP contribution in [0.25, 0.3) is 0 Å². The average Bonchev–Trinajstić information content (AvgIpc) is 2.64. The summed E-state index contributed by atoms with van der Waals surface area (Å²) in [7, 11) is 1.74. The van der Waals surface area contributed by atoms with Crippen LogP contribution in [-0.2, 0) is 19.8 Å². The number of rotatable bonds is 3. The van der Waals surface area contributed by atoms with E-state index in [9.17, 15) is 13.2 Å². The second-order valence-electron chi connectivity index (χ2n) is 4.75. The van der Waals surface area contributed by atoms with E-state index in [1.807, 2.05) is 0 Å². The molecule has 2 N–H and O–H groups in total. The van der Waals surface area contributed by atoms with Crippen molar-refractivity contribution in [3.8, 4) is 11.5 Å². The van der Waals surface area contributed by atoms with E-state index in [1.165, 1.54) is 12.1 Å². The van der Waals surface area contributed by atoms with Crippen molar-refractivity contribution in [1.29, 1.82) is 0 Å². The molecule has 0 aliphatic rings. The second kappa shape index (κ2) is 5.40. The molecule has 0 bridgehead atoms. The number of hydrogen-bond acceptors (Lipinski definition) is 3. The zero-order chi connectivity index (χ0) is 15.8. The number of halogens is 3. The van der Waals surface area contributed by atoms with Crippen molar-refractivity contribution in [3.63, 3.8) is 0 Å². The van der Waals surface area contributed by atoms with E-state index in [4.69, 9.17) is 10.5 Å². The van der Waals surface area contributed by atoms with Crippen molar-refractivity contribution in [3.05, 3.63) is 40.7 Å². The molecular formula is C14H16F3N3O. The van der Waals surface area contributed by atoms with E-state index in [1.54, 1.807) is 25.6 Å². The number of nitrogens with two attached hydrogens (primary N) is 1. The van der Waals surface area contributed by atoms with Gasteiger partial charge >= 0.3 is 6.18 Å². The molecule has 1 heterocycles. The van der Waals surface area contributed by atoms with E-state index in [0.717, 1.165) is 11.8 Å². The molecule has 4 nitrogen and oxygen atoms in total. The highest BCUT2D eigenvalue weighted by Gasteiger charge is 2.33. The Bertz CT molecular complexity index is 662. The first-order valence-corrected chi connectivity index (χ1v) is 6.32. The highest BCUT2D eigenvalue weighted by molar-refractivity contribution is 5.42. The fourth-order valence-electron chi connectivity index (χ4n) is 2.08. The van der Waals surface area contributed by atoms with Gasteiger partial charge in [-0.1, -0.05) is 6.07 Å². The summed E-state index contributed by atoms with van der Waals surface area (Å²) in [6.45, 7) is 3.34. The van der Waals surface area contributed by atoms with Crippen LogP contribution in [0.3, 0.4) is 0 Å². The molecule has 0 amide bonds. The molecule has 1 aromatic heterocycles. The predicted octanol–water partition coefficient (Wildman–Crippen LogP) is 3.31. The van der Waals surface area contributed by atoms with E-state index in [0.29, 0.717) is 11.4 Å². The van der Waals surface area contributed by atoms with E-state index in [-0.39, 0.29) is 17.9 Å². The highest BCUT2D eigenvalue weighted by atomic mass is 19.4. The predicted molar refractivity (Wildman–Crippen MR) is 72.1 cm³/mol. The Balaban J connectivity index is 2.42. The van der Waals surface area contributed by atoms with Gasteiger partial charge in [-0.2, -0.15) is 18.3 Å². The standard InChI is InChI=1S/C14H16F3N3O/c1-8-13(9(2)20(3)19-8)21-11-5-4-10(7-18)12(6-11)14(15,16)17/h4-6H,7,18H2,1-3H3. The minimum absolute atomic E-state index is 0.0366. The zero-order valence-corrected chi connectivity index (χ0v) is 12.0. The van der Waals surface area contributed by atoms with Crippen molar-refractivity contribution < 1.29 is 17.9 Å². The summed E-state index contributed by atoms with van der Waals surface area (Å²) in [4.78, 5) is 0. The third kappa shape index (κ3) is 3.02. The smallest absolute Gasteiger partial charge is 0.416 e. The molecule has 0 fully saturated rings. The van der Waals surface area contributed by atoms with Crippen molar-refractivity contribution in [2.75, 3.05) is 0 Å². The van der Waals surface area contributed by atoms with E-state index >= 15 is 0 Å². The Morgan fingerprint density at radius 3 is 2.43 bits per heavy atom. The lowest BCUT2D eigenvalue weighted by atomic mass is 10.1. The monoisotopic (exact) mass is 299 g/mol. The van der Waals surface area contributed by atoms with Crippen LogP contribution in [0.1, 0.15) is 22.5 Å². The van der Waals surface area contributed by atoms with Gasteiger partial charge in [-0.15, -0.1) is 0 Å². The molecule has 0 aliphatic carbocycles. The summed E-state index contributed by atoms with van der Waals surface area (Å²) in [5.41, 5.74) is 5.96. The van der Waals surface area contributed by atoms with Gasteiger partial charge in [0.05, 0.1) is 11.3 Å². The molecule has 1 aromatic carbocycles. The molecule has 0 radical (unpaired) electrons. The van der Waals surface area contributed by atoms with Gasteiger partial charge in [0, 0.05) is 13.6 Å². The third-order valence-corrected chi connectivity index (χ3v) is 3.27. The Kier molecular flexibility index (Phi) is 3.95. The van der Waals surface area contributed by atoms with Crippen molar-refractivity contribution in [2.24, 2.45) is 12.8 Å². The fourth-order valence-corrected chi connectivity index (χ4v) is 2.08. The zero-order valence-electron chi connectivity index (χ0n) is 12.0. The maximum atomic E-state index is 13.0. The van der Waals surface area contributed by atoms with Crippen LogP contribution in [0.15, 0.2) is 18.2 Å². The summed E-state index contributed by atoms with van der Waals surface area (Å²) in [5.74, 6) is 0.574. The first-order chi connectivity index (χ1) is 9.74. The topological polar surface area (TPSA) is 53.1 Å². The molecular weight excluding hydrogens is 283 g/mol. The molecule has 2 rings (SSSR count). The third-order valence-electron chi connectivity index (χ3n) is 3.27. The Morgan fingerprint density at radius 1 is 1.29 bits per heavy atom. The van der Waals surface area contributed by atoms with Crippen LogP contribution >= 0.6 is 0 Å². The molecule has 7 heteroatoms. The van der Waals surface area contributed by atoms with Crippen LogP contribution in [0.4, 0.5) is 13.2 Å². The Labute approximate surface area is 120 Å². The number of alkyl halides is 3. The number of aromatic nitrogens is 2. The van der Waals surface area contributed by atoms with Crippen molar-refractivity contribution in [2.45, 2.75) is 26.6 Å². The van der Waals surface area contributed by atoms with Gasteiger partial charge in [-0.3, -0.25) is 4.68 Å². The van der Waals surface area contributed by atoms with Crippen LogP contribution < -0.4 is 10.5 Å². The lowest BCUT2D eigenvalue weighted by Gasteiger charge is -2.14. The molecule has 0 atom stereocenters. The summed E-state index contributed by atoms with van der Waals surface area (Å²) >= 11 is 0. The van der Waals surface area contributed by atoms with Gasteiger partial charge in [0.25, 0.3) is 0 Å². The summed E-state index contributed by atoms with van der Waals surface area (Å²) < 4.78 is 46.2. The minimum atomic E-state index is -4.47. The highest BCUT2D eigenvalue weighted by Crippen LogP contribution is 2.36. The van der Waals surface area contributed by atoms with Gasteiger partial charge in [0.15, 0.2) is 5.75 Å². The summed E-state index contributed by atoms with van der Waals surface area (Å²) in [6.07, 6.45) is -4.47. The lowest BCUT2D eigenvalue weighted by Crippen LogP contribution is -2.12. The molecule has 0 aliphatic heterocycles. The SMILES string of the molecule is Cc1nn(C)c(C)c1Oc1ccc(CN)c(C(F)(F)F)c1. The van der Waals surface area contributed by atoms with Gasteiger partial charge in [-0.05, 0) is 31.5 Å². The Morgan fingerprint density at radius 2 is 1.95 bits per heavy atom. The average molecular weight is 299 g/mol. The van der Waals surface area contributed by atoms with E-state index in [2.05, 4.69) is 5.10 Å². The van der Waals surface area contributed by atoms with E-state index < -0.39 is 11.7 Å². The minimum Gasteiger partial charge on any atom is -0.453 e. The summed E-state index contributed by atoms with van der Waals surface area (Å²) in [5, 5.41) is 4.16. The molecule has 0 saturated heterocycles. The molecule has 2 aromatic rings. The fraction of sp³-hybridized carbons (Fsp3) is 0.357. The van der Waals surface area contributed by atoms with Crippen LogP contribution in [0.5, 0.6) is 11.5 Å². The molecule has 114 valence electrons. The number of ether oxygens (including phenoxy) is 1. The largest absolute Gasteiger partial charge is 0.453 e. The van der Waals surface area contributed by atoms with Crippen molar-refractivity contribution >= 4 is 0 Å². The normalized spacial score (nSPS) is 11.8. The van der Waals surface area contributed by atoms with Crippen LogP contribution in [0, 0.1) is 13.8 Å². The molecule has 0 saturated carbocycles. The van der Waals surface area contributed by atoms with Crippen molar-refractivity contribution in [1.82, 2.24) is 9.78 Å². The molecule has 0 unspecified atom stereocenters.